The lowest BCUT2D eigenvalue weighted by Crippen LogP contribution is -2.39. The van der Waals surface area contributed by atoms with E-state index in [9.17, 15) is 18.3 Å². The van der Waals surface area contributed by atoms with E-state index in [0.717, 1.165) is 16.7 Å². The lowest BCUT2D eigenvalue weighted by Gasteiger charge is -2.14. The van der Waals surface area contributed by atoms with Crippen LogP contribution < -0.4 is 20.9 Å². The van der Waals surface area contributed by atoms with Crippen LogP contribution in [-0.2, 0) is 14.8 Å². The number of nitrogens with one attached hydrogen (secondary N) is 4. The molecule has 0 spiro atoms. The number of anilines is 2. The van der Waals surface area contributed by atoms with Crippen LogP contribution >= 0.6 is 0 Å². The number of amides is 1. The second kappa shape index (κ2) is 9.14. The summed E-state index contributed by atoms with van der Waals surface area (Å²) in [4.78, 5) is 20.4. The molecular weight excluding hydrogens is 444 g/mol. The fraction of sp³-hybridized carbons (Fsp3) is 0.227. The first kappa shape index (κ1) is 22.6. The van der Waals surface area contributed by atoms with Crippen molar-refractivity contribution in [1.29, 1.82) is 0 Å². The molecular formula is C22H24N6O4S. The van der Waals surface area contributed by atoms with Crippen molar-refractivity contribution in [2.24, 2.45) is 0 Å². The van der Waals surface area contributed by atoms with Crippen molar-refractivity contribution in [3.05, 3.63) is 71.5 Å². The van der Waals surface area contributed by atoms with Crippen molar-refractivity contribution in [3.8, 4) is 5.75 Å². The van der Waals surface area contributed by atoms with Gasteiger partial charge in [-0.15, -0.1) is 0 Å². The Morgan fingerprint density at radius 3 is 2.42 bits per heavy atom. The van der Waals surface area contributed by atoms with Crippen molar-refractivity contribution in [3.63, 3.8) is 0 Å². The molecule has 4 rings (SSSR count). The van der Waals surface area contributed by atoms with Crippen LogP contribution in [0.3, 0.4) is 0 Å². The van der Waals surface area contributed by atoms with Crippen LogP contribution in [0.15, 0.2) is 59.8 Å². The number of hydrogen-bond donors (Lipinski definition) is 5. The van der Waals surface area contributed by atoms with Gasteiger partial charge in [0.1, 0.15) is 11.8 Å². The molecule has 0 saturated carbocycles. The Hall–Kier alpha value is -3.54. The first-order valence-electron chi connectivity index (χ1n) is 10.2. The van der Waals surface area contributed by atoms with Crippen molar-refractivity contribution in [2.75, 3.05) is 10.0 Å². The summed E-state index contributed by atoms with van der Waals surface area (Å²) in [6.45, 7) is 3.90. The second-order valence-electron chi connectivity index (χ2n) is 7.82. The third-order valence-electron chi connectivity index (χ3n) is 5.46. The number of hydrogen-bond acceptors (Lipinski definition) is 8. The zero-order valence-corrected chi connectivity index (χ0v) is 18.8. The zero-order valence-electron chi connectivity index (χ0n) is 18.0. The Morgan fingerprint density at radius 1 is 1.06 bits per heavy atom. The van der Waals surface area contributed by atoms with Crippen LogP contribution in [0.2, 0.25) is 0 Å². The van der Waals surface area contributed by atoms with Crippen LogP contribution in [0.5, 0.6) is 5.75 Å². The molecule has 1 aromatic heterocycles. The van der Waals surface area contributed by atoms with E-state index in [1.54, 1.807) is 12.1 Å². The minimum absolute atomic E-state index is 0.0129. The molecule has 5 N–H and O–H groups in total. The second-order valence-corrected chi connectivity index (χ2v) is 9.50. The average molecular weight is 469 g/mol. The summed E-state index contributed by atoms with van der Waals surface area (Å²) >= 11 is 0. The maximum Gasteiger partial charge on any atom is 0.264 e. The largest absolute Gasteiger partial charge is 0.508 e. The SMILES string of the molecule is Cc1cc(O)c(C2CC(C(=O)Nc3ccc(S(=O)(=O)Nc4ncccn4)cc3)NN2)cc1C. The molecule has 2 unspecified atom stereocenters. The number of rotatable bonds is 6. The molecule has 11 heteroatoms. The summed E-state index contributed by atoms with van der Waals surface area (Å²) in [5.74, 6) is -0.122. The van der Waals surface area contributed by atoms with Gasteiger partial charge in [0, 0.05) is 23.6 Å². The van der Waals surface area contributed by atoms with E-state index in [1.165, 1.54) is 36.7 Å². The number of carbonyl (C=O) groups excluding carboxylic acids is 1. The van der Waals surface area contributed by atoms with Gasteiger partial charge in [-0.2, -0.15) is 0 Å². The number of sulfonamides is 1. The first-order valence-corrected chi connectivity index (χ1v) is 11.7. The summed E-state index contributed by atoms with van der Waals surface area (Å²) in [5, 5.41) is 13.1. The molecule has 172 valence electrons. The third kappa shape index (κ3) is 5.11. The highest BCUT2D eigenvalue weighted by atomic mass is 32.2. The maximum atomic E-state index is 12.7. The van der Waals surface area contributed by atoms with Crippen LogP contribution in [-0.4, -0.2) is 35.4 Å². The minimum Gasteiger partial charge on any atom is -0.508 e. The Labute approximate surface area is 191 Å². The normalized spacial score (nSPS) is 18.1. The fourth-order valence-electron chi connectivity index (χ4n) is 3.51. The quantitative estimate of drug-likeness (QED) is 0.370. The predicted octanol–water partition coefficient (Wildman–Crippen LogP) is 2.15. The van der Waals surface area contributed by atoms with Crippen molar-refractivity contribution < 1.29 is 18.3 Å². The number of aryl methyl sites for hydroxylation is 2. The molecule has 1 aliphatic rings. The van der Waals surface area contributed by atoms with Gasteiger partial charge in [0.05, 0.1) is 10.9 Å². The Balaban J connectivity index is 1.39. The van der Waals surface area contributed by atoms with Gasteiger partial charge in [-0.3, -0.25) is 4.79 Å². The van der Waals surface area contributed by atoms with Crippen LogP contribution in [0.25, 0.3) is 0 Å². The third-order valence-corrected chi connectivity index (χ3v) is 6.81. The Bertz CT molecular complexity index is 1270. The highest BCUT2D eigenvalue weighted by molar-refractivity contribution is 7.92. The van der Waals surface area contributed by atoms with E-state index in [-0.39, 0.29) is 28.5 Å². The summed E-state index contributed by atoms with van der Waals surface area (Å²) < 4.78 is 27.2. The van der Waals surface area contributed by atoms with E-state index >= 15 is 0 Å². The van der Waals surface area contributed by atoms with Crippen LogP contribution in [0.1, 0.15) is 29.2 Å². The van der Waals surface area contributed by atoms with Crippen molar-refractivity contribution in [1.82, 2.24) is 20.8 Å². The smallest absolute Gasteiger partial charge is 0.264 e. The maximum absolute atomic E-state index is 12.7. The highest BCUT2D eigenvalue weighted by Gasteiger charge is 2.31. The number of phenolic OH excluding ortho intramolecular Hbond substituents is 1. The summed E-state index contributed by atoms with van der Waals surface area (Å²) in [6, 6.07) is 10.2. The predicted molar refractivity (Wildman–Crippen MR) is 123 cm³/mol. The lowest BCUT2D eigenvalue weighted by atomic mass is 9.97. The zero-order chi connectivity index (χ0) is 23.6. The van der Waals surface area contributed by atoms with Gasteiger partial charge < -0.3 is 10.4 Å². The van der Waals surface area contributed by atoms with Crippen LogP contribution in [0, 0.1) is 13.8 Å². The minimum atomic E-state index is -3.86. The van der Waals surface area contributed by atoms with Crippen molar-refractivity contribution in [2.45, 2.75) is 37.2 Å². The summed E-state index contributed by atoms with van der Waals surface area (Å²) in [5.41, 5.74) is 9.25. The van der Waals surface area contributed by atoms with E-state index < -0.39 is 16.1 Å². The molecule has 2 aromatic carbocycles. The molecule has 1 fully saturated rings. The molecule has 2 heterocycles. The molecule has 0 aliphatic carbocycles. The monoisotopic (exact) mass is 468 g/mol. The topological polar surface area (TPSA) is 145 Å². The van der Waals surface area contributed by atoms with Gasteiger partial charge in [0.25, 0.3) is 10.0 Å². The van der Waals surface area contributed by atoms with Gasteiger partial charge >= 0.3 is 0 Å². The molecule has 1 amide bonds. The molecule has 3 aromatic rings. The average Bonchev–Trinajstić information content (AvgIpc) is 3.27. The number of phenols is 1. The number of nitrogens with zero attached hydrogens (tertiary/aromatic N) is 2. The molecule has 0 radical (unpaired) electrons. The first-order chi connectivity index (χ1) is 15.7. The van der Waals surface area contributed by atoms with Gasteiger partial charge in [-0.05, 0) is 67.8 Å². The Kier molecular flexibility index (Phi) is 6.27. The highest BCUT2D eigenvalue weighted by Crippen LogP contribution is 2.32. The van der Waals surface area contributed by atoms with E-state index in [2.05, 4.69) is 30.9 Å². The molecule has 1 saturated heterocycles. The molecule has 33 heavy (non-hydrogen) atoms. The number of aromatic hydroxyl groups is 1. The van der Waals surface area contributed by atoms with E-state index in [4.69, 9.17) is 0 Å². The molecule has 10 nitrogen and oxygen atoms in total. The number of carbonyl (C=O) groups is 1. The lowest BCUT2D eigenvalue weighted by molar-refractivity contribution is -0.117. The summed E-state index contributed by atoms with van der Waals surface area (Å²) in [7, 11) is -3.86. The number of aromatic nitrogens is 2. The van der Waals surface area contributed by atoms with Crippen molar-refractivity contribution >= 4 is 27.6 Å². The van der Waals surface area contributed by atoms with Gasteiger partial charge in [-0.25, -0.2) is 34.0 Å². The Morgan fingerprint density at radius 2 is 1.73 bits per heavy atom. The van der Waals surface area contributed by atoms with E-state index in [0.29, 0.717) is 12.1 Å². The standard InChI is InChI=1S/C22H24N6O4S/c1-13-10-17(20(29)11-14(13)2)18-12-19(27-26-18)21(30)25-15-4-6-16(7-5-15)33(31,32)28-22-23-8-3-9-24-22/h3-11,18-19,26-27,29H,12H2,1-2H3,(H,25,30)(H,23,24,28). The van der Waals surface area contributed by atoms with Gasteiger partial charge in [0.15, 0.2) is 0 Å². The van der Waals surface area contributed by atoms with E-state index in [1.807, 2.05) is 19.9 Å². The number of hydrazine groups is 1. The fourth-order valence-corrected chi connectivity index (χ4v) is 4.47. The molecule has 1 aliphatic heterocycles. The summed E-state index contributed by atoms with van der Waals surface area (Å²) in [6.07, 6.45) is 3.30. The molecule has 2 atom stereocenters. The van der Waals surface area contributed by atoms with Gasteiger partial charge in [0.2, 0.25) is 11.9 Å². The van der Waals surface area contributed by atoms with Gasteiger partial charge in [-0.1, -0.05) is 6.07 Å². The van der Waals surface area contributed by atoms with Crippen LogP contribution in [0.4, 0.5) is 11.6 Å². The molecule has 0 bridgehead atoms. The number of benzene rings is 2.